The molecule has 0 unspecified atom stereocenters. The zero-order valence-electron chi connectivity index (χ0n) is 14.5. The van der Waals surface area contributed by atoms with E-state index < -0.39 is 10.8 Å². The van der Waals surface area contributed by atoms with E-state index in [4.69, 9.17) is 0 Å². The summed E-state index contributed by atoms with van der Waals surface area (Å²) in [5.41, 5.74) is -0.218. The predicted molar refractivity (Wildman–Crippen MR) is 93.4 cm³/mol. The van der Waals surface area contributed by atoms with Gasteiger partial charge in [0.1, 0.15) is 11.5 Å². The summed E-state index contributed by atoms with van der Waals surface area (Å²) in [7, 11) is 0. The maximum Gasteiger partial charge on any atom is 0.241 e. The summed E-state index contributed by atoms with van der Waals surface area (Å²) < 4.78 is 0. The average Bonchev–Trinajstić information content (AvgIpc) is 3.45. The molecular formula is C21H20N2O2. The summed E-state index contributed by atoms with van der Waals surface area (Å²) in [6, 6.07) is 11.8. The number of carbonyl (C=O) groups is 2. The highest BCUT2D eigenvalue weighted by atomic mass is 16.2. The lowest BCUT2D eigenvalue weighted by molar-refractivity contribution is -0.136. The van der Waals surface area contributed by atoms with Gasteiger partial charge in [0.15, 0.2) is 5.78 Å². The molecule has 126 valence electrons. The summed E-state index contributed by atoms with van der Waals surface area (Å²) in [6.07, 6.45) is 5.70. The van der Waals surface area contributed by atoms with Gasteiger partial charge in [-0.1, -0.05) is 36.4 Å². The number of fused-ring (bicyclic) bond motifs is 1. The SMILES string of the molecule is CC1(C)C(=O)C(C#N)=C[C@@]2(c3ccccc3)C(=O)N(C3CC3)CC=C12. The molecule has 2 aliphatic carbocycles. The molecule has 0 spiro atoms. The maximum absolute atomic E-state index is 13.6. The van der Waals surface area contributed by atoms with Crippen LogP contribution in [0, 0.1) is 16.7 Å². The van der Waals surface area contributed by atoms with Crippen LogP contribution in [0.15, 0.2) is 53.6 Å². The van der Waals surface area contributed by atoms with E-state index in [2.05, 4.69) is 0 Å². The van der Waals surface area contributed by atoms with Gasteiger partial charge >= 0.3 is 0 Å². The maximum atomic E-state index is 13.6. The van der Waals surface area contributed by atoms with Crippen LogP contribution in [-0.4, -0.2) is 29.2 Å². The van der Waals surface area contributed by atoms with Crippen molar-refractivity contribution < 1.29 is 9.59 Å². The topological polar surface area (TPSA) is 61.2 Å². The van der Waals surface area contributed by atoms with Crippen molar-refractivity contribution in [1.29, 1.82) is 5.26 Å². The summed E-state index contributed by atoms with van der Waals surface area (Å²) in [5, 5.41) is 9.54. The monoisotopic (exact) mass is 332 g/mol. The van der Waals surface area contributed by atoms with Gasteiger partial charge in [-0.2, -0.15) is 5.26 Å². The minimum Gasteiger partial charge on any atom is -0.335 e. The zero-order chi connectivity index (χ0) is 17.8. The molecule has 4 rings (SSSR count). The van der Waals surface area contributed by atoms with Gasteiger partial charge in [-0.15, -0.1) is 0 Å². The van der Waals surface area contributed by atoms with E-state index in [1.165, 1.54) is 0 Å². The first kappa shape index (κ1) is 15.8. The second kappa shape index (κ2) is 5.16. The molecule has 0 aromatic heterocycles. The van der Waals surface area contributed by atoms with Crippen LogP contribution in [0.1, 0.15) is 32.3 Å². The van der Waals surface area contributed by atoms with Crippen LogP contribution in [-0.2, 0) is 15.0 Å². The first-order valence-electron chi connectivity index (χ1n) is 8.68. The van der Waals surface area contributed by atoms with Crippen molar-refractivity contribution in [3.63, 3.8) is 0 Å². The third-order valence-corrected chi connectivity index (χ3v) is 5.70. The molecule has 1 aromatic carbocycles. The third kappa shape index (κ3) is 2.05. The van der Waals surface area contributed by atoms with Crippen LogP contribution in [0.2, 0.25) is 0 Å². The van der Waals surface area contributed by atoms with E-state index in [0.29, 0.717) is 6.54 Å². The highest BCUT2D eigenvalue weighted by molar-refractivity contribution is 6.11. The summed E-state index contributed by atoms with van der Waals surface area (Å²) >= 11 is 0. The van der Waals surface area contributed by atoms with E-state index in [-0.39, 0.29) is 23.3 Å². The van der Waals surface area contributed by atoms with E-state index in [1.54, 1.807) is 6.08 Å². The van der Waals surface area contributed by atoms with Crippen LogP contribution in [0.3, 0.4) is 0 Å². The fourth-order valence-corrected chi connectivity index (χ4v) is 4.25. The van der Waals surface area contributed by atoms with Crippen molar-refractivity contribution in [3.8, 4) is 6.07 Å². The van der Waals surface area contributed by atoms with Gasteiger partial charge < -0.3 is 4.90 Å². The average molecular weight is 332 g/mol. The minimum atomic E-state index is -1.05. The molecule has 3 aliphatic rings. The Balaban J connectivity index is 2.03. The van der Waals surface area contributed by atoms with Crippen LogP contribution in [0.25, 0.3) is 0 Å². The van der Waals surface area contributed by atoms with Crippen molar-refractivity contribution in [2.75, 3.05) is 6.54 Å². The van der Waals surface area contributed by atoms with Gasteiger partial charge in [-0.05, 0) is 43.9 Å². The molecule has 0 saturated heterocycles. The number of rotatable bonds is 2. The number of nitriles is 1. The van der Waals surface area contributed by atoms with E-state index in [9.17, 15) is 14.9 Å². The largest absolute Gasteiger partial charge is 0.335 e. The molecule has 0 N–H and O–H groups in total. The molecular weight excluding hydrogens is 312 g/mol. The Morgan fingerprint density at radius 2 is 1.84 bits per heavy atom. The fraction of sp³-hybridized carbons (Fsp3) is 0.381. The Kier molecular flexibility index (Phi) is 3.27. The molecule has 0 bridgehead atoms. The number of Topliss-reactive ketones (excluding diaryl/α,β-unsaturated/α-hetero) is 1. The molecule has 1 saturated carbocycles. The van der Waals surface area contributed by atoms with Gasteiger partial charge in [0.2, 0.25) is 5.91 Å². The molecule has 25 heavy (non-hydrogen) atoms. The number of nitrogens with zero attached hydrogens (tertiary/aromatic N) is 2. The van der Waals surface area contributed by atoms with Crippen molar-refractivity contribution >= 4 is 11.7 Å². The van der Waals surface area contributed by atoms with Crippen molar-refractivity contribution in [2.45, 2.75) is 38.1 Å². The van der Waals surface area contributed by atoms with Gasteiger partial charge in [-0.25, -0.2) is 0 Å². The van der Waals surface area contributed by atoms with Crippen molar-refractivity contribution in [3.05, 3.63) is 59.2 Å². The van der Waals surface area contributed by atoms with Crippen molar-refractivity contribution in [2.24, 2.45) is 5.41 Å². The predicted octanol–water partition coefficient (Wildman–Crippen LogP) is 2.91. The van der Waals surface area contributed by atoms with E-state index >= 15 is 0 Å². The fourth-order valence-electron chi connectivity index (χ4n) is 4.25. The number of hydrogen-bond acceptors (Lipinski definition) is 3. The van der Waals surface area contributed by atoms with Crippen LogP contribution in [0.4, 0.5) is 0 Å². The number of amides is 1. The molecule has 1 fully saturated rings. The normalized spacial score (nSPS) is 28.0. The quantitative estimate of drug-likeness (QED) is 0.782. The Morgan fingerprint density at radius 1 is 1.16 bits per heavy atom. The van der Waals surface area contributed by atoms with Gasteiger partial charge in [0.05, 0.1) is 11.0 Å². The smallest absolute Gasteiger partial charge is 0.241 e. The number of carbonyl (C=O) groups excluding carboxylic acids is 2. The molecule has 1 atom stereocenters. The van der Waals surface area contributed by atoms with Gasteiger partial charge in [0, 0.05) is 12.6 Å². The lowest BCUT2D eigenvalue weighted by Gasteiger charge is -2.48. The molecule has 0 radical (unpaired) electrons. The summed E-state index contributed by atoms with van der Waals surface area (Å²) in [4.78, 5) is 28.3. The highest BCUT2D eigenvalue weighted by Crippen LogP contribution is 2.52. The number of allylic oxidation sites excluding steroid dienone is 1. The zero-order valence-corrected chi connectivity index (χ0v) is 14.5. The van der Waals surface area contributed by atoms with Gasteiger partial charge in [0.25, 0.3) is 0 Å². The lowest BCUT2D eigenvalue weighted by Crippen LogP contribution is -2.57. The summed E-state index contributed by atoms with van der Waals surface area (Å²) in [5.74, 6) is -0.215. The third-order valence-electron chi connectivity index (χ3n) is 5.70. The standard InChI is InChI=1S/C21H20N2O2/c1-20(2)17-10-11-23(16-8-9-16)19(25)21(17,12-14(13-22)18(20)24)15-6-4-3-5-7-15/h3-7,10,12,16H,8-9,11H2,1-2H3/t21-/m0/s1. The second-order valence-electron chi connectivity index (χ2n) is 7.60. The Bertz CT molecular complexity index is 869. The first-order chi connectivity index (χ1) is 11.9. The molecule has 1 amide bonds. The molecule has 4 nitrogen and oxygen atoms in total. The van der Waals surface area contributed by atoms with E-state index in [0.717, 1.165) is 24.0 Å². The molecule has 1 aromatic rings. The number of benzene rings is 1. The number of hydrogen-bond donors (Lipinski definition) is 0. The van der Waals surface area contributed by atoms with Crippen LogP contribution in [0.5, 0.6) is 0 Å². The Morgan fingerprint density at radius 3 is 2.44 bits per heavy atom. The second-order valence-corrected chi connectivity index (χ2v) is 7.60. The summed E-state index contributed by atoms with van der Waals surface area (Å²) in [6.45, 7) is 4.19. The molecule has 1 aliphatic heterocycles. The lowest BCUT2D eigenvalue weighted by atomic mass is 9.56. The van der Waals surface area contributed by atoms with Crippen LogP contribution >= 0.6 is 0 Å². The molecule has 4 heteroatoms. The molecule has 1 heterocycles. The minimum absolute atomic E-state index is 0.00738. The number of ketones is 1. The van der Waals surface area contributed by atoms with E-state index in [1.807, 2.05) is 61.2 Å². The van der Waals surface area contributed by atoms with Crippen LogP contribution < -0.4 is 0 Å². The highest BCUT2D eigenvalue weighted by Gasteiger charge is 2.58. The van der Waals surface area contributed by atoms with Crippen molar-refractivity contribution in [1.82, 2.24) is 4.90 Å². The van der Waals surface area contributed by atoms with Gasteiger partial charge in [-0.3, -0.25) is 9.59 Å². The Hall–Kier alpha value is -2.67. The Labute approximate surface area is 147 Å². The first-order valence-corrected chi connectivity index (χ1v) is 8.68.